The molecule has 1 aliphatic rings. The Morgan fingerprint density at radius 1 is 0.824 bits per heavy atom. The van der Waals surface area contributed by atoms with Gasteiger partial charge in [-0.25, -0.2) is 14.4 Å². The molecule has 1 aliphatic heterocycles. The lowest BCUT2D eigenvalue weighted by molar-refractivity contribution is -0.157. The first-order chi connectivity index (χ1) is 16.3. The van der Waals surface area contributed by atoms with Gasteiger partial charge in [0.2, 0.25) is 11.5 Å². The smallest absolute Gasteiger partial charge is 0.413 e. The van der Waals surface area contributed by atoms with Gasteiger partial charge in [0.15, 0.2) is 0 Å². The van der Waals surface area contributed by atoms with Crippen molar-refractivity contribution in [1.29, 1.82) is 0 Å². The summed E-state index contributed by atoms with van der Waals surface area (Å²) in [7, 11) is 0. The van der Waals surface area contributed by atoms with Crippen molar-refractivity contribution in [2.24, 2.45) is 0 Å². The van der Waals surface area contributed by atoms with E-state index in [2.05, 4.69) is 4.74 Å². The van der Waals surface area contributed by atoms with E-state index in [4.69, 9.17) is 4.74 Å². The molecule has 180 valence electrons. The maximum Gasteiger partial charge on any atom is 0.413 e. The Kier molecular flexibility index (Phi) is 8.33. The second kappa shape index (κ2) is 11.6. The van der Waals surface area contributed by atoms with Gasteiger partial charge in [0, 0.05) is 26.2 Å². The number of hydrogen-bond donors (Lipinski definition) is 3. The van der Waals surface area contributed by atoms with Crippen LogP contribution in [0.4, 0.5) is 9.59 Å². The third-order valence-corrected chi connectivity index (χ3v) is 5.28. The van der Waals surface area contributed by atoms with Crippen molar-refractivity contribution in [3.05, 3.63) is 83.3 Å². The molecule has 1 atom stereocenters. The number of amides is 2. The molecular weight excluding hydrogens is 444 g/mol. The number of nitrogens with zero attached hydrogens (tertiary/aromatic N) is 2. The molecule has 0 fully saturated rings. The summed E-state index contributed by atoms with van der Waals surface area (Å²) in [6.45, 7) is 0.443. The van der Waals surface area contributed by atoms with Gasteiger partial charge in [-0.1, -0.05) is 60.7 Å². The van der Waals surface area contributed by atoms with Gasteiger partial charge in [-0.2, -0.15) is 0 Å². The van der Waals surface area contributed by atoms with Crippen molar-refractivity contribution < 1.29 is 39.2 Å². The Morgan fingerprint density at radius 3 is 1.79 bits per heavy atom. The zero-order chi connectivity index (χ0) is 24.5. The van der Waals surface area contributed by atoms with Crippen molar-refractivity contribution >= 4 is 18.2 Å². The number of benzene rings is 2. The Balaban J connectivity index is 1.64. The average molecular weight is 470 g/mol. The van der Waals surface area contributed by atoms with Crippen LogP contribution in [-0.2, 0) is 27.1 Å². The number of esters is 1. The molecule has 0 radical (unpaired) electrons. The fourth-order valence-corrected chi connectivity index (χ4v) is 3.33. The summed E-state index contributed by atoms with van der Waals surface area (Å²) in [5.74, 6) is -3.12. The van der Waals surface area contributed by atoms with Crippen molar-refractivity contribution in [2.45, 2.75) is 19.1 Å². The molecule has 0 aliphatic carbocycles. The fourth-order valence-electron chi connectivity index (χ4n) is 3.33. The Bertz CT molecular complexity index is 1030. The Hall–Kier alpha value is -4.21. The zero-order valence-corrected chi connectivity index (χ0v) is 18.4. The maximum atomic E-state index is 12.8. The van der Waals surface area contributed by atoms with Crippen LogP contribution in [0, 0.1) is 0 Å². The van der Waals surface area contributed by atoms with E-state index < -0.39 is 36.0 Å². The molecule has 2 aromatic carbocycles. The van der Waals surface area contributed by atoms with Crippen molar-refractivity contribution in [1.82, 2.24) is 9.80 Å². The van der Waals surface area contributed by atoms with E-state index in [1.807, 2.05) is 60.7 Å². The average Bonchev–Trinajstić information content (AvgIpc) is 3.08. The highest BCUT2D eigenvalue weighted by atomic mass is 16.7. The summed E-state index contributed by atoms with van der Waals surface area (Å²) in [4.78, 5) is 38.4. The van der Waals surface area contributed by atoms with E-state index >= 15 is 0 Å². The highest BCUT2D eigenvalue weighted by molar-refractivity contribution is 5.89. The van der Waals surface area contributed by atoms with Crippen LogP contribution in [0.25, 0.3) is 0 Å². The fraction of sp³-hybridized carbons (Fsp3) is 0.292. The molecule has 2 amide bonds. The minimum Gasteiger partial charge on any atom is -0.503 e. The predicted molar refractivity (Wildman–Crippen MR) is 120 cm³/mol. The molecule has 2 aromatic rings. The number of aliphatic hydroxyl groups excluding tert-OH is 2. The summed E-state index contributed by atoms with van der Waals surface area (Å²) in [5.41, 5.74) is 1.94. The van der Waals surface area contributed by atoms with Crippen LogP contribution in [0.1, 0.15) is 11.1 Å². The first-order valence-electron chi connectivity index (χ1n) is 10.7. The summed E-state index contributed by atoms with van der Waals surface area (Å²) >= 11 is 0. The molecule has 0 saturated carbocycles. The number of ether oxygens (including phenoxy) is 2. The lowest BCUT2D eigenvalue weighted by Gasteiger charge is -2.27. The van der Waals surface area contributed by atoms with Gasteiger partial charge in [-0.3, -0.25) is 0 Å². The first-order valence-corrected chi connectivity index (χ1v) is 10.7. The Labute approximate surface area is 196 Å². The highest BCUT2D eigenvalue weighted by Crippen LogP contribution is 2.20. The molecule has 3 rings (SSSR count). The van der Waals surface area contributed by atoms with Gasteiger partial charge in [-0.05, 0) is 24.0 Å². The van der Waals surface area contributed by atoms with Crippen LogP contribution < -0.4 is 0 Å². The van der Waals surface area contributed by atoms with Crippen LogP contribution in [-0.4, -0.2) is 75.7 Å². The minimum absolute atomic E-state index is 0.00385. The maximum absolute atomic E-state index is 12.8. The number of hydrogen-bond acceptors (Lipinski definition) is 7. The summed E-state index contributed by atoms with van der Waals surface area (Å²) < 4.78 is 9.68. The number of aliphatic hydroxyl groups is 2. The second-order valence-electron chi connectivity index (χ2n) is 7.58. The first kappa shape index (κ1) is 24.4. The van der Waals surface area contributed by atoms with E-state index in [0.717, 1.165) is 11.1 Å². The molecule has 34 heavy (non-hydrogen) atoms. The highest BCUT2D eigenvalue weighted by Gasteiger charge is 2.38. The monoisotopic (exact) mass is 470 g/mol. The van der Waals surface area contributed by atoms with Gasteiger partial charge in [0.25, 0.3) is 0 Å². The quantitative estimate of drug-likeness (QED) is 0.451. The molecule has 10 heteroatoms. The van der Waals surface area contributed by atoms with Gasteiger partial charge >= 0.3 is 24.4 Å². The van der Waals surface area contributed by atoms with Crippen LogP contribution in [0.15, 0.2) is 72.2 Å². The van der Waals surface area contributed by atoms with Gasteiger partial charge in [0.05, 0.1) is 0 Å². The SMILES string of the molecule is O=C1OC(OC(=O)N(CCc2ccccc2)CCN(CCc2ccccc2)C(=O)O)C(O)=C1O. The largest absolute Gasteiger partial charge is 0.503 e. The van der Waals surface area contributed by atoms with Crippen LogP contribution in [0.5, 0.6) is 0 Å². The number of carboxylic acid groups (broad SMARTS) is 1. The van der Waals surface area contributed by atoms with Crippen LogP contribution >= 0.6 is 0 Å². The standard InChI is InChI=1S/C24H26N2O8/c27-19-20(28)22(33-21(19)29)34-24(32)26(14-12-18-9-5-2-6-10-18)16-15-25(23(30)31)13-11-17-7-3-1-4-8-17/h1-10,22,27-28H,11-16H2,(H,30,31). The predicted octanol–water partition coefficient (Wildman–Crippen LogP) is 3.10. The van der Waals surface area contributed by atoms with Gasteiger partial charge < -0.3 is 34.6 Å². The van der Waals surface area contributed by atoms with Gasteiger partial charge in [-0.15, -0.1) is 0 Å². The van der Waals surface area contributed by atoms with Gasteiger partial charge in [0.1, 0.15) is 0 Å². The minimum atomic E-state index is -1.76. The zero-order valence-electron chi connectivity index (χ0n) is 18.4. The van der Waals surface area contributed by atoms with E-state index in [9.17, 15) is 29.7 Å². The van der Waals surface area contributed by atoms with Crippen molar-refractivity contribution in [2.75, 3.05) is 26.2 Å². The molecule has 0 saturated heterocycles. The normalized spacial score (nSPS) is 15.1. The molecule has 10 nitrogen and oxygen atoms in total. The second-order valence-corrected chi connectivity index (χ2v) is 7.58. The third-order valence-electron chi connectivity index (χ3n) is 5.28. The van der Waals surface area contributed by atoms with Crippen molar-refractivity contribution in [3.8, 4) is 0 Å². The number of carbonyl (C=O) groups is 3. The molecule has 0 bridgehead atoms. The number of cyclic esters (lactones) is 1. The summed E-state index contributed by atoms with van der Waals surface area (Å²) in [6.07, 6.45) is -2.83. The Morgan fingerprint density at radius 2 is 1.32 bits per heavy atom. The lowest BCUT2D eigenvalue weighted by atomic mass is 10.1. The van der Waals surface area contributed by atoms with E-state index in [1.54, 1.807) is 0 Å². The number of carbonyl (C=O) groups excluding carboxylic acids is 2. The van der Waals surface area contributed by atoms with E-state index in [0.29, 0.717) is 12.8 Å². The topological polar surface area (TPSA) is 137 Å². The lowest BCUT2D eigenvalue weighted by Crippen LogP contribution is -2.43. The molecule has 1 unspecified atom stereocenters. The van der Waals surface area contributed by atoms with Crippen LogP contribution in [0.3, 0.4) is 0 Å². The van der Waals surface area contributed by atoms with Crippen molar-refractivity contribution in [3.63, 3.8) is 0 Å². The summed E-state index contributed by atoms with van der Waals surface area (Å²) in [6, 6.07) is 18.8. The third kappa shape index (κ3) is 6.64. The van der Waals surface area contributed by atoms with Crippen LogP contribution in [0.2, 0.25) is 0 Å². The van der Waals surface area contributed by atoms with E-state index in [-0.39, 0.29) is 26.2 Å². The van der Waals surface area contributed by atoms with E-state index in [1.165, 1.54) is 9.80 Å². The molecule has 1 heterocycles. The summed E-state index contributed by atoms with van der Waals surface area (Å²) in [5, 5.41) is 28.7. The number of rotatable bonds is 10. The molecule has 3 N–H and O–H groups in total. The molecular formula is C24H26N2O8. The molecule has 0 aromatic heterocycles. The molecule has 0 spiro atoms.